The van der Waals surface area contributed by atoms with Gasteiger partial charge in [-0.05, 0) is 62.3 Å². The van der Waals surface area contributed by atoms with Crippen molar-refractivity contribution in [2.24, 2.45) is 0 Å². The summed E-state index contributed by atoms with van der Waals surface area (Å²) in [5, 5.41) is 1.27. The van der Waals surface area contributed by atoms with Crippen molar-refractivity contribution in [3.05, 3.63) is 70.9 Å². The minimum atomic E-state index is -0.154. The van der Waals surface area contributed by atoms with E-state index in [1.807, 2.05) is 10.6 Å². The molecule has 1 aliphatic heterocycles. The molecule has 0 saturated heterocycles. The fourth-order valence-corrected chi connectivity index (χ4v) is 5.94. The molecule has 2 heterocycles. The Morgan fingerprint density at radius 1 is 0.694 bits per heavy atom. The summed E-state index contributed by atoms with van der Waals surface area (Å²) in [6, 6.07) is 15.5. The highest BCUT2D eigenvalue weighted by molar-refractivity contribution is 6.21. The molecule has 1 aromatic heterocycles. The van der Waals surface area contributed by atoms with Gasteiger partial charge in [-0.3, -0.25) is 23.9 Å². The van der Waals surface area contributed by atoms with Crippen LogP contribution in [0.1, 0.15) is 107 Å². The second-order valence-electron chi connectivity index (χ2n) is 10.3. The van der Waals surface area contributed by atoms with Crippen LogP contribution >= 0.6 is 0 Å². The molecule has 0 saturated carbocycles. The summed E-state index contributed by atoms with van der Waals surface area (Å²) in [5.41, 5.74) is 4.81. The van der Waals surface area contributed by atoms with Crippen LogP contribution in [0.5, 0.6) is 0 Å². The molecule has 2 amide bonds. The second-order valence-corrected chi connectivity index (χ2v) is 10.3. The smallest absolute Gasteiger partial charge is 0.261 e. The van der Waals surface area contributed by atoms with Crippen LogP contribution in [0.3, 0.4) is 0 Å². The number of amides is 2. The number of aryl methyl sites for hydroxylation is 1. The molecule has 0 spiro atoms. The number of carbonyl (C=O) groups is 3. The Morgan fingerprint density at radius 3 is 2.00 bits per heavy atom. The summed E-state index contributed by atoms with van der Waals surface area (Å²) in [5.74, 6) is -0.0559. The number of benzene rings is 2. The van der Waals surface area contributed by atoms with Gasteiger partial charge in [0.2, 0.25) is 5.91 Å². The number of fused-ring (bicyclic) bond motifs is 4. The van der Waals surface area contributed by atoms with E-state index in [-0.39, 0.29) is 17.7 Å². The molecular formula is C31H36N2O3. The molecule has 0 N–H and O–H groups in total. The lowest BCUT2D eigenvalue weighted by Gasteiger charge is -2.15. The molecule has 0 fully saturated rings. The van der Waals surface area contributed by atoms with Crippen LogP contribution in [-0.4, -0.2) is 33.7 Å². The van der Waals surface area contributed by atoms with Crippen LogP contribution in [0.15, 0.2) is 48.5 Å². The van der Waals surface area contributed by atoms with Gasteiger partial charge in [0.1, 0.15) is 0 Å². The van der Waals surface area contributed by atoms with Crippen LogP contribution in [0, 0.1) is 0 Å². The lowest BCUT2D eigenvalue weighted by atomic mass is 9.95. The van der Waals surface area contributed by atoms with Gasteiger partial charge in [-0.15, -0.1) is 0 Å². The first kappa shape index (κ1) is 24.5. The molecule has 5 heteroatoms. The Kier molecular flexibility index (Phi) is 7.64. The van der Waals surface area contributed by atoms with Crippen molar-refractivity contribution in [2.75, 3.05) is 6.54 Å². The lowest BCUT2D eigenvalue weighted by Crippen LogP contribution is -2.30. The Morgan fingerprint density at radius 2 is 1.28 bits per heavy atom. The number of carbonyl (C=O) groups excluding carboxylic acids is 3. The normalized spacial score (nSPS) is 14.9. The third kappa shape index (κ3) is 4.88. The third-order valence-electron chi connectivity index (χ3n) is 7.83. The van der Waals surface area contributed by atoms with Gasteiger partial charge in [0.15, 0.2) is 0 Å². The van der Waals surface area contributed by atoms with Gasteiger partial charge in [-0.1, -0.05) is 68.9 Å². The van der Waals surface area contributed by atoms with E-state index in [0.717, 1.165) is 63.3 Å². The van der Waals surface area contributed by atoms with Gasteiger partial charge < -0.3 is 0 Å². The summed E-state index contributed by atoms with van der Waals surface area (Å²) in [6.45, 7) is 0.506. The number of hydrogen-bond donors (Lipinski definition) is 0. The predicted molar refractivity (Wildman–Crippen MR) is 143 cm³/mol. The molecule has 1 aliphatic carbocycles. The number of nitrogens with zero attached hydrogens (tertiary/aromatic N) is 2. The molecule has 0 radical (unpaired) electrons. The van der Waals surface area contributed by atoms with E-state index < -0.39 is 0 Å². The standard InChI is InChI=1S/C31H36N2O3/c34-29(33-27-19-12-10-15-23(27)24-16-11-13-20-28(24)33)21-7-5-3-1-2-4-6-14-22-32-30(35)25-17-8-9-18-26(25)31(32)36/h8-10,12,15,17-19H,1-7,11,13-14,16,20-22H2. The predicted octanol–water partition coefficient (Wildman–Crippen LogP) is 6.97. The Hall–Kier alpha value is -3.21. The maximum absolute atomic E-state index is 13.1. The molecule has 2 aliphatic rings. The number of hydrogen-bond acceptors (Lipinski definition) is 3. The molecule has 2 aromatic carbocycles. The van der Waals surface area contributed by atoms with Gasteiger partial charge in [0.05, 0.1) is 16.6 Å². The maximum atomic E-state index is 13.1. The van der Waals surface area contributed by atoms with Crippen molar-refractivity contribution in [3.63, 3.8) is 0 Å². The third-order valence-corrected chi connectivity index (χ3v) is 7.83. The second kappa shape index (κ2) is 11.2. The van der Waals surface area contributed by atoms with Crippen LogP contribution in [-0.2, 0) is 12.8 Å². The molecule has 0 atom stereocenters. The van der Waals surface area contributed by atoms with Crippen LogP contribution in [0.25, 0.3) is 10.9 Å². The molecular weight excluding hydrogens is 448 g/mol. The van der Waals surface area contributed by atoms with E-state index in [0.29, 0.717) is 24.1 Å². The van der Waals surface area contributed by atoms with Crippen molar-refractivity contribution in [1.29, 1.82) is 0 Å². The fraction of sp³-hybridized carbons (Fsp3) is 0.452. The number of rotatable bonds is 11. The highest BCUT2D eigenvalue weighted by Crippen LogP contribution is 2.32. The molecule has 36 heavy (non-hydrogen) atoms. The van der Waals surface area contributed by atoms with Gasteiger partial charge in [-0.2, -0.15) is 0 Å². The topological polar surface area (TPSA) is 59.4 Å². The van der Waals surface area contributed by atoms with Crippen LogP contribution in [0.4, 0.5) is 0 Å². The summed E-state index contributed by atoms with van der Waals surface area (Å²) >= 11 is 0. The zero-order valence-corrected chi connectivity index (χ0v) is 21.1. The summed E-state index contributed by atoms with van der Waals surface area (Å²) in [4.78, 5) is 39.4. The Balaban J connectivity index is 0.977. The first-order chi connectivity index (χ1) is 17.7. The molecule has 5 rings (SSSR count). The van der Waals surface area contributed by atoms with E-state index in [1.54, 1.807) is 24.3 Å². The molecule has 3 aromatic rings. The van der Waals surface area contributed by atoms with Crippen molar-refractivity contribution in [3.8, 4) is 0 Å². The first-order valence-corrected chi connectivity index (χ1v) is 13.8. The van der Waals surface area contributed by atoms with Gasteiger partial charge in [-0.25, -0.2) is 0 Å². The van der Waals surface area contributed by atoms with Crippen LogP contribution < -0.4 is 0 Å². The lowest BCUT2D eigenvalue weighted by molar-refractivity contribution is 0.0651. The van der Waals surface area contributed by atoms with Crippen molar-refractivity contribution in [1.82, 2.24) is 9.47 Å². The molecule has 0 unspecified atom stereocenters. The number of aromatic nitrogens is 1. The van der Waals surface area contributed by atoms with E-state index >= 15 is 0 Å². The molecule has 5 nitrogen and oxygen atoms in total. The van der Waals surface area contributed by atoms with Crippen LogP contribution in [0.2, 0.25) is 0 Å². The monoisotopic (exact) mass is 484 g/mol. The Bertz CT molecular complexity index is 1240. The SMILES string of the molecule is O=C1c2ccccc2C(=O)N1CCCCCCCCCCC(=O)n1c2c(c3ccccc31)CCCC2. The van der Waals surface area contributed by atoms with Crippen molar-refractivity contribution in [2.45, 2.75) is 83.5 Å². The fourth-order valence-electron chi connectivity index (χ4n) is 5.94. The van der Waals surface area contributed by atoms with E-state index in [1.165, 1.54) is 40.8 Å². The molecule has 0 bridgehead atoms. The van der Waals surface area contributed by atoms with Gasteiger partial charge in [0.25, 0.3) is 11.8 Å². The molecule has 188 valence electrons. The van der Waals surface area contributed by atoms with Gasteiger partial charge >= 0.3 is 0 Å². The van der Waals surface area contributed by atoms with E-state index in [9.17, 15) is 14.4 Å². The number of unbranched alkanes of at least 4 members (excludes halogenated alkanes) is 7. The average molecular weight is 485 g/mol. The van der Waals surface area contributed by atoms with Crippen molar-refractivity contribution >= 4 is 28.6 Å². The average Bonchev–Trinajstić information content (AvgIpc) is 3.37. The summed E-state index contributed by atoms with van der Waals surface area (Å²) in [6.07, 6.45) is 13.6. The highest BCUT2D eigenvalue weighted by Gasteiger charge is 2.34. The Labute approximate surface area is 213 Å². The highest BCUT2D eigenvalue weighted by atomic mass is 16.2. The summed E-state index contributed by atoms with van der Waals surface area (Å²) in [7, 11) is 0. The number of para-hydroxylation sites is 1. The minimum Gasteiger partial charge on any atom is -0.284 e. The van der Waals surface area contributed by atoms with E-state index in [4.69, 9.17) is 0 Å². The quantitative estimate of drug-likeness (QED) is 0.218. The van der Waals surface area contributed by atoms with E-state index in [2.05, 4.69) is 18.2 Å². The minimum absolute atomic E-state index is 0.154. The zero-order chi connectivity index (χ0) is 24.9. The summed E-state index contributed by atoms with van der Waals surface area (Å²) < 4.78 is 2.03. The first-order valence-electron chi connectivity index (χ1n) is 13.8. The largest absolute Gasteiger partial charge is 0.284 e. The number of imide groups is 1. The maximum Gasteiger partial charge on any atom is 0.261 e. The zero-order valence-electron chi connectivity index (χ0n) is 21.1. The van der Waals surface area contributed by atoms with Gasteiger partial charge in [0, 0.05) is 24.0 Å². The van der Waals surface area contributed by atoms with Crippen molar-refractivity contribution < 1.29 is 14.4 Å².